The number of H-pyrrole nitrogens is 1. The Hall–Kier alpha value is -3.49. The number of aromatic amines is 1. The van der Waals surface area contributed by atoms with Crippen LogP contribution in [0.4, 0.5) is 5.69 Å². The summed E-state index contributed by atoms with van der Waals surface area (Å²) in [6.45, 7) is 0.543. The molecule has 8 heteroatoms. The van der Waals surface area contributed by atoms with Gasteiger partial charge in [-0.25, -0.2) is 9.67 Å². The van der Waals surface area contributed by atoms with Gasteiger partial charge in [0, 0.05) is 47.7 Å². The third-order valence-corrected chi connectivity index (χ3v) is 7.41. The predicted octanol–water partition coefficient (Wildman–Crippen LogP) is 6.51. The quantitative estimate of drug-likeness (QED) is 0.260. The largest absolute Gasteiger partial charge is 0.408 e. The molecule has 36 heavy (non-hydrogen) atoms. The molecule has 1 saturated carbocycles. The van der Waals surface area contributed by atoms with E-state index in [2.05, 4.69) is 57.7 Å². The van der Waals surface area contributed by atoms with E-state index in [1.807, 2.05) is 26.2 Å². The molecule has 3 aromatic heterocycles. The van der Waals surface area contributed by atoms with E-state index >= 15 is 0 Å². The van der Waals surface area contributed by atoms with Crippen molar-refractivity contribution in [2.24, 2.45) is 0 Å². The van der Waals surface area contributed by atoms with Crippen LogP contribution in [0.5, 0.6) is 0 Å². The van der Waals surface area contributed by atoms with Crippen molar-refractivity contribution < 1.29 is 4.42 Å². The van der Waals surface area contributed by atoms with Crippen molar-refractivity contribution in [3.8, 4) is 22.8 Å². The minimum Gasteiger partial charge on any atom is -0.408 e. The summed E-state index contributed by atoms with van der Waals surface area (Å²) in [7, 11) is 4.08. The van der Waals surface area contributed by atoms with E-state index in [-0.39, 0.29) is 0 Å². The first kappa shape index (κ1) is 22.9. The van der Waals surface area contributed by atoms with Crippen LogP contribution in [-0.4, -0.2) is 39.9 Å². The number of rotatable bonds is 6. The van der Waals surface area contributed by atoms with Crippen LogP contribution in [0.2, 0.25) is 0 Å². The van der Waals surface area contributed by atoms with Gasteiger partial charge in [-0.1, -0.05) is 49.6 Å². The fourth-order valence-corrected chi connectivity index (χ4v) is 5.30. The van der Waals surface area contributed by atoms with Gasteiger partial charge in [-0.15, -0.1) is 5.10 Å². The smallest absolute Gasteiger partial charge is 0.288 e. The number of hydrogen-bond donors (Lipinski definition) is 2. The van der Waals surface area contributed by atoms with Gasteiger partial charge in [0.15, 0.2) is 0 Å². The van der Waals surface area contributed by atoms with Crippen LogP contribution >= 0.6 is 12.2 Å². The summed E-state index contributed by atoms with van der Waals surface area (Å²) < 4.78 is 7.69. The number of nitrogens with one attached hydrogen (secondary N) is 2. The van der Waals surface area contributed by atoms with Crippen LogP contribution in [0.25, 0.3) is 44.6 Å². The SMILES string of the molecule is CN(C)c1ccc(-c2nc(-c3nn(CNC4CCCCC4)c(=S)o3)cc3c2[nH]c2ccccc23)cc1. The van der Waals surface area contributed by atoms with Crippen LogP contribution in [0.1, 0.15) is 32.1 Å². The van der Waals surface area contributed by atoms with Crippen LogP contribution < -0.4 is 10.2 Å². The number of nitrogens with zero attached hydrogens (tertiary/aromatic N) is 4. The maximum Gasteiger partial charge on any atom is 0.288 e. The summed E-state index contributed by atoms with van der Waals surface area (Å²) in [6, 6.07) is 19.3. The average molecular weight is 499 g/mol. The van der Waals surface area contributed by atoms with Crippen LogP contribution in [-0.2, 0) is 6.67 Å². The van der Waals surface area contributed by atoms with Gasteiger partial charge in [-0.2, -0.15) is 0 Å². The molecule has 184 valence electrons. The molecule has 5 aromatic rings. The van der Waals surface area contributed by atoms with Gasteiger partial charge >= 0.3 is 0 Å². The number of hydrogen-bond acceptors (Lipinski definition) is 6. The highest BCUT2D eigenvalue weighted by molar-refractivity contribution is 7.71. The molecule has 7 nitrogen and oxygen atoms in total. The molecule has 0 saturated heterocycles. The van der Waals surface area contributed by atoms with E-state index in [1.165, 1.54) is 32.1 Å². The standard InChI is InChI=1S/C28H30N6OS/c1-33(2)20-14-12-18(13-15-20)25-26-22(21-10-6-7-11-23(21)30-26)16-24(31-25)27-32-34(28(36)35-27)17-29-19-8-4-3-5-9-19/h6-7,10-16,19,29-30H,3-5,8-9,17H2,1-2H3. The molecule has 1 fully saturated rings. The van der Waals surface area contributed by atoms with Crippen molar-refractivity contribution in [2.75, 3.05) is 19.0 Å². The van der Waals surface area contributed by atoms with Crippen LogP contribution in [0, 0.1) is 4.84 Å². The second kappa shape index (κ2) is 9.52. The Labute approximate surface area is 215 Å². The second-order valence-electron chi connectivity index (χ2n) is 9.76. The maximum atomic E-state index is 5.97. The Bertz CT molecular complexity index is 1570. The zero-order valence-electron chi connectivity index (χ0n) is 20.6. The van der Waals surface area contributed by atoms with E-state index in [4.69, 9.17) is 26.7 Å². The Morgan fingerprint density at radius 3 is 2.61 bits per heavy atom. The van der Waals surface area contributed by atoms with Gasteiger partial charge in [-0.05, 0) is 49.3 Å². The molecule has 0 spiro atoms. The van der Waals surface area contributed by atoms with Crippen molar-refractivity contribution in [2.45, 2.75) is 44.8 Å². The summed E-state index contributed by atoms with van der Waals surface area (Å²) in [4.78, 5) is 11.0. The minimum absolute atomic E-state index is 0.353. The summed E-state index contributed by atoms with van der Waals surface area (Å²) in [5.74, 6) is 0.434. The van der Waals surface area contributed by atoms with Gasteiger partial charge in [0.25, 0.3) is 10.7 Å². The Kier molecular flexibility index (Phi) is 6.07. The van der Waals surface area contributed by atoms with Gasteiger partial charge in [-0.3, -0.25) is 5.32 Å². The van der Waals surface area contributed by atoms with Gasteiger partial charge < -0.3 is 14.3 Å². The molecule has 0 atom stereocenters. The molecule has 1 aliphatic carbocycles. The zero-order chi connectivity index (χ0) is 24.6. The predicted molar refractivity (Wildman–Crippen MR) is 148 cm³/mol. The monoisotopic (exact) mass is 498 g/mol. The van der Waals surface area contributed by atoms with Crippen molar-refractivity contribution in [3.05, 3.63) is 59.4 Å². The lowest BCUT2D eigenvalue weighted by atomic mass is 9.96. The number of para-hydroxylation sites is 1. The first-order chi connectivity index (χ1) is 17.6. The number of benzene rings is 2. The number of fused-ring (bicyclic) bond motifs is 3. The van der Waals surface area contributed by atoms with E-state index in [9.17, 15) is 0 Å². The van der Waals surface area contributed by atoms with Crippen molar-refractivity contribution >= 4 is 39.7 Å². The number of pyridine rings is 1. The number of anilines is 1. The Morgan fingerprint density at radius 1 is 1.06 bits per heavy atom. The average Bonchev–Trinajstić information content (AvgIpc) is 3.47. The third-order valence-electron chi connectivity index (χ3n) is 7.11. The summed E-state index contributed by atoms with van der Waals surface area (Å²) >= 11 is 5.52. The van der Waals surface area contributed by atoms with Gasteiger partial charge in [0.05, 0.1) is 17.9 Å². The molecule has 0 amide bonds. The molecule has 0 aliphatic heterocycles. The minimum atomic E-state index is 0.353. The normalized spacial score (nSPS) is 14.6. The van der Waals surface area contributed by atoms with E-state index < -0.39 is 0 Å². The second-order valence-corrected chi connectivity index (χ2v) is 10.1. The highest BCUT2D eigenvalue weighted by atomic mass is 32.1. The molecule has 0 radical (unpaired) electrons. The summed E-state index contributed by atoms with van der Waals surface area (Å²) in [5, 5.41) is 10.5. The van der Waals surface area contributed by atoms with E-state index in [0.717, 1.165) is 38.8 Å². The lowest BCUT2D eigenvalue weighted by Gasteiger charge is -2.22. The molecule has 0 bridgehead atoms. The summed E-state index contributed by atoms with van der Waals surface area (Å²) in [5.41, 5.74) is 5.76. The van der Waals surface area contributed by atoms with E-state index in [1.54, 1.807) is 4.68 Å². The Balaban J connectivity index is 1.43. The molecule has 1 aliphatic rings. The van der Waals surface area contributed by atoms with Gasteiger partial charge in [0.1, 0.15) is 5.69 Å². The Morgan fingerprint density at radius 2 is 1.83 bits per heavy atom. The first-order valence-corrected chi connectivity index (χ1v) is 13.0. The molecule has 0 unspecified atom stereocenters. The van der Waals surface area contributed by atoms with Crippen molar-refractivity contribution in [1.82, 2.24) is 25.1 Å². The first-order valence-electron chi connectivity index (χ1n) is 12.6. The molecule has 2 aromatic carbocycles. The zero-order valence-corrected chi connectivity index (χ0v) is 21.4. The third kappa shape index (κ3) is 4.31. The van der Waals surface area contributed by atoms with Crippen LogP contribution in [0.15, 0.2) is 59.0 Å². The molecule has 2 N–H and O–H groups in total. The topological polar surface area (TPSA) is 74.9 Å². The van der Waals surface area contributed by atoms with Gasteiger partial charge in [0.2, 0.25) is 0 Å². The molecule has 3 heterocycles. The maximum absolute atomic E-state index is 5.97. The molecule has 6 rings (SSSR count). The lowest BCUT2D eigenvalue weighted by molar-refractivity contribution is 0.335. The highest BCUT2D eigenvalue weighted by Gasteiger charge is 2.19. The molecular formula is C28H30N6OS. The van der Waals surface area contributed by atoms with Crippen molar-refractivity contribution in [3.63, 3.8) is 0 Å². The lowest BCUT2D eigenvalue weighted by Crippen LogP contribution is -2.33. The van der Waals surface area contributed by atoms with Crippen molar-refractivity contribution in [1.29, 1.82) is 0 Å². The fraction of sp³-hybridized carbons (Fsp3) is 0.321. The highest BCUT2D eigenvalue weighted by Crippen LogP contribution is 2.35. The fourth-order valence-electron chi connectivity index (χ4n) is 5.11. The number of aromatic nitrogens is 4. The van der Waals surface area contributed by atoms with Crippen LogP contribution in [0.3, 0.4) is 0 Å². The van der Waals surface area contributed by atoms with E-state index in [0.29, 0.717) is 29.1 Å². The summed E-state index contributed by atoms with van der Waals surface area (Å²) in [6.07, 6.45) is 6.29. The molecular weight excluding hydrogens is 468 g/mol.